The van der Waals surface area contributed by atoms with E-state index < -0.39 is 0 Å². The lowest BCUT2D eigenvalue weighted by atomic mass is 10.1. The zero-order valence-corrected chi connectivity index (χ0v) is 9.93. The first kappa shape index (κ1) is 10.3. The zero-order valence-electron chi connectivity index (χ0n) is 9.93. The molecule has 0 bridgehead atoms. The predicted octanol–water partition coefficient (Wildman–Crippen LogP) is 1.08. The van der Waals surface area contributed by atoms with Gasteiger partial charge in [0.2, 0.25) is 0 Å². The van der Waals surface area contributed by atoms with E-state index in [2.05, 4.69) is 19.9 Å². The molecule has 0 spiro atoms. The predicted molar refractivity (Wildman–Crippen MR) is 64.3 cm³/mol. The van der Waals surface area contributed by atoms with Crippen molar-refractivity contribution in [1.29, 1.82) is 0 Å². The number of hydrogen-bond acceptors (Lipinski definition) is 4. The normalized spacial score (nSPS) is 14.9. The molecule has 0 unspecified atom stereocenters. The molecule has 3 heterocycles. The summed E-state index contributed by atoms with van der Waals surface area (Å²) in [6.45, 7) is 3.81. The van der Waals surface area contributed by atoms with E-state index in [1.54, 1.807) is 6.20 Å². The van der Waals surface area contributed by atoms with Crippen molar-refractivity contribution >= 4 is 5.69 Å². The molecular weight excluding hydrogens is 216 g/mol. The Bertz CT molecular complexity index is 538. The SMILES string of the molecule is CCn1ncc(N)c1-c1nnc2n1CCCC2. The van der Waals surface area contributed by atoms with Crippen molar-refractivity contribution < 1.29 is 0 Å². The van der Waals surface area contributed by atoms with Gasteiger partial charge in [-0.2, -0.15) is 5.10 Å². The van der Waals surface area contributed by atoms with Crippen LogP contribution >= 0.6 is 0 Å². The molecule has 6 nitrogen and oxygen atoms in total. The fourth-order valence-corrected chi connectivity index (χ4v) is 2.37. The van der Waals surface area contributed by atoms with Crippen LogP contribution < -0.4 is 5.73 Å². The molecule has 1 aliphatic heterocycles. The first-order valence-corrected chi connectivity index (χ1v) is 6.05. The van der Waals surface area contributed by atoms with Gasteiger partial charge in [-0.15, -0.1) is 10.2 Å². The summed E-state index contributed by atoms with van der Waals surface area (Å²) in [6.07, 6.45) is 5.06. The number of anilines is 1. The van der Waals surface area contributed by atoms with Gasteiger partial charge in [-0.05, 0) is 19.8 Å². The summed E-state index contributed by atoms with van der Waals surface area (Å²) in [5.41, 5.74) is 7.55. The maximum atomic E-state index is 5.98. The Morgan fingerprint density at radius 1 is 1.35 bits per heavy atom. The van der Waals surface area contributed by atoms with E-state index in [1.807, 2.05) is 11.6 Å². The number of nitrogens with zero attached hydrogens (tertiary/aromatic N) is 5. The van der Waals surface area contributed by atoms with Gasteiger partial charge in [0.15, 0.2) is 5.82 Å². The molecule has 2 N–H and O–H groups in total. The van der Waals surface area contributed by atoms with E-state index in [-0.39, 0.29) is 0 Å². The Hall–Kier alpha value is -1.85. The quantitative estimate of drug-likeness (QED) is 0.840. The van der Waals surface area contributed by atoms with E-state index in [4.69, 9.17) is 5.73 Å². The minimum Gasteiger partial charge on any atom is -0.396 e. The molecule has 0 saturated carbocycles. The number of nitrogen functional groups attached to an aromatic ring is 1. The van der Waals surface area contributed by atoms with Gasteiger partial charge in [0.05, 0.1) is 11.9 Å². The first-order chi connectivity index (χ1) is 8.31. The highest BCUT2D eigenvalue weighted by molar-refractivity contribution is 5.67. The van der Waals surface area contributed by atoms with Crippen molar-refractivity contribution in [3.8, 4) is 11.5 Å². The average Bonchev–Trinajstić information content (AvgIpc) is 2.92. The molecule has 0 atom stereocenters. The van der Waals surface area contributed by atoms with E-state index in [0.29, 0.717) is 5.69 Å². The molecule has 1 aliphatic rings. The number of nitrogens with two attached hydrogens (primary N) is 1. The Morgan fingerprint density at radius 2 is 2.24 bits per heavy atom. The molecular formula is C11H16N6. The lowest BCUT2D eigenvalue weighted by Gasteiger charge is -2.15. The third-order valence-electron chi connectivity index (χ3n) is 3.24. The van der Waals surface area contributed by atoms with Crippen molar-refractivity contribution in [3.63, 3.8) is 0 Å². The Labute approximate surface area is 99.4 Å². The summed E-state index contributed by atoms with van der Waals surface area (Å²) < 4.78 is 4.05. The summed E-state index contributed by atoms with van der Waals surface area (Å²) in [4.78, 5) is 0. The molecule has 0 aromatic carbocycles. The maximum Gasteiger partial charge on any atom is 0.184 e. The zero-order chi connectivity index (χ0) is 11.8. The molecule has 2 aromatic rings. The minimum absolute atomic E-state index is 0.674. The van der Waals surface area contributed by atoms with Gasteiger partial charge in [0, 0.05) is 19.5 Å². The Balaban J connectivity index is 2.15. The summed E-state index contributed by atoms with van der Waals surface area (Å²) >= 11 is 0. The van der Waals surface area contributed by atoms with Crippen LogP contribution in [0.2, 0.25) is 0 Å². The van der Waals surface area contributed by atoms with Crippen LogP contribution in [0.4, 0.5) is 5.69 Å². The van der Waals surface area contributed by atoms with Crippen LogP contribution in [0.3, 0.4) is 0 Å². The van der Waals surface area contributed by atoms with Crippen molar-refractivity contribution in [3.05, 3.63) is 12.0 Å². The molecule has 6 heteroatoms. The highest BCUT2D eigenvalue weighted by Crippen LogP contribution is 2.27. The molecule has 17 heavy (non-hydrogen) atoms. The smallest absolute Gasteiger partial charge is 0.184 e. The molecule has 0 amide bonds. The van der Waals surface area contributed by atoms with Gasteiger partial charge < -0.3 is 10.3 Å². The second kappa shape index (κ2) is 3.87. The third kappa shape index (κ3) is 1.51. The highest BCUT2D eigenvalue weighted by Gasteiger charge is 2.21. The van der Waals surface area contributed by atoms with E-state index in [1.165, 1.54) is 12.8 Å². The molecule has 0 aliphatic carbocycles. The van der Waals surface area contributed by atoms with Gasteiger partial charge in [0.1, 0.15) is 11.5 Å². The van der Waals surface area contributed by atoms with Crippen molar-refractivity contribution in [2.75, 3.05) is 5.73 Å². The average molecular weight is 232 g/mol. The standard InChI is InChI=1S/C11H16N6/c1-2-17-10(8(12)7-13-17)11-15-14-9-5-3-4-6-16(9)11/h7H,2-6,12H2,1H3. The van der Waals surface area contributed by atoms with Crippen molar-refractivity contribution in [2.24, 2.45) is 0 Å². The lowest BCUT2D eigenvalue weighted by Crippen LogP contribution is -2.13. The highest BCUT2D eigenvalue weighted by atomic mass is 15.3. The fourth-order valence-electron chi connectivity index (χ4n) is 2.37. The molecule has 90 valence electrons. The first-order valence-electron chi connectivity index (χ1n) is 6.05. The van der Waals surface area contributed by atoms with Crippen LogP contribution in [-0.4, -0.2) is 24.5 Å². The molecule has 0 fully saturated rings. The number of hydrogen-bond donors (Lipinski definition) is 1. The van der Waals surface area contributed by atoms with Gasteiger partial charge >= 0.3 is 0 Å². The van der Waals surface area contributed by atoms with Crippen molar-refractivity contribution in [2.45, 2.75) is 39.3 Å². The third-order valence-corrected chi connectivity index (χ3v) is 3.24. The monoisotopic (exact) mass is 232 g/mol. The summed E-state index contributed by atoms with van der Waals surface area (Å²) in [5.74, 6) is 1.92. The summed E-state index contributed by atoms with van der Waals surface area (Å²) in [7, 11) is 0. The van der Waals surface area contributed by atoms with Gasteiger partial charge in [0.25, 0.3) is 0 Å². The number of aromatic nitrogens is 5. The second-order valence-corrected chi connectivity index (χ2v) is 4.31. The largest absolute Gasteiger partial charge is 0.396 e. The van der Waals surface area contributed by atoms with Crippen LogP contribution in [0, 0.1) is 0 Å². The molecule has 3 rings (SSSR count). The Kier molecular flexibility index (Phi) is 2.35. The van der Waals surface area contributed by atoms with Crippen molar-refractivity contribution in [1.82, 2.24) is 24.5 Å². The lowest BCUT2D eigenvalue weighted by molar-refractivity contribution is 0.523. The van der Waals surface area contributed by atoms with E-state index in [9.17, 15) is 0 Å². The minimum atomic E-state index is 0.674. The van der Waals surface area contributed by atoms with Gasteiger partial charge in [-0.3, -0.25) is 4.68 Å². The van der Waals surface area contributed by atoms with Gasteiger partial charge in [-0.1, -0.05) is 0 Å². The molecule has 0 saturated heterocycles. The fraction of sp³-hybridized carbons (Fsp3) is 0.545. The number of fused-ring (bicyclic) bond motifs is 1. The van der Waals surface area contributed by atoms with Crippen LogP contribution in [0.25, 0.3) is 11.5 Å². The van der Waals surface area contributed by atoms with E-state index in [0.717, 1.165) is 36.9 Å². The van der Waals surface area contributed by atoms with E-state index >= 15 is 0 Å². The number of rotatable bonds is 2. The summed E-state index contributed by atoms with van der Waals surface area (Å²) in [6, 6.07) is 0. The number of aryl methyl sites for hydroxylation is 2. The topological polar surface area (TPSA) is 74.6 Å². The van der Waals surface area contributed by atoms with Crippen LogP contribution in [0.15, 0.2) is 6.20 Å². The molecule has 2 aromatic heterocycles. The van der Waals surface area contributed by atoms with Crippen LogP contribution in [0.1, 0.15) is 25.6 Å². The van der Waals surface area contributed by atoms with Gasteiger partial charge in [-0.25, -0.2) is 0 Å². The second-order valence-electron chi connectivity index (χ2n) is 4.31. The maximum absolute atomic E-state index is 5.98. The Morgan fingerprint density at radius 3 is 3.06 bits per heavy atom. The molecule has 0 radical (unpaired) electrons. The van der Waals surface area contributed by atoms with Crippen LogP contribution in [-0.2, 0) is 19.5 Å². The van der Waals surface area contributed by atoms with Crippen LogP contribution in [0.5, 0.6) is 0 Å². The summed E-state index contributed by atoms with van der Waals surface area (Å²) in [5, 5.41) is 12.8.